The third kappa shape index (κ3) is 2.46. The van der Waals surface area contributed by atoms with E-state index in [2.05, 4.69) is 0 Å². The summed E-state index contributed by atoms with van der Waals surface area (Å²) in [6.45, 7) is 4.86. The van der Waals surface area contributed by atoms with Crippen LogP contribution >= 0.6 is 11.6 Å². The minimum atomic E-state index is -0.784. The molecule has 2 rings (SSSR count). The van der Waals surface area contributed by atoms with E-state index in [0.29, 0.717) is 11.6 Å². The van der Waals surface area contributed by atoms with Gasteiger partial charge >= 0.3 is 5.97 Å². The van der Waals surface area contributed by atoms with Crippen LogP contribution in [0.25, 0.3) is 10.9 Å². The number of para-hydroxylation sites is 1. The normalized spacial score (nSPS) is 12.6. The molecule has 1 heterocycles. The second-order valence-electron chi connectivity index (χ2n) is 4.24. The molecule has 0 fully saturated rings. The number of carbonyl (C=O) groups excluding carboxylic acids is 1. The highest BCUT2D eigenvalue weighted by atomic mass is 35.5. The van der Waals surface area contributed by atoms with Crippen LogP contribution in [-0.2, 0) is 16.1 Å². The monoisotopic (exact) mass is 280 g/mol. The van der Waals surface area contributed by atoms with Gasteiger partial charge in [-0.25, -0.2) is 4.79 Å². The van der Waals surface area contributed by atoms with E-state index in [9.17, 15) is 4.79 Å². The molecule has 0 aliphatic rings. The Balaban J connectivity index is 2.55. The summed E-state index contributed by atoms with van der Waals surface area (Å²) in [7, 11) is 0. The number of ether oxygens (including phenoxy) is 1. The van der Waals surface area contributed by atoms with Crippen molar-refractivity contribution in [2.75, 3.05) is 6.61 Å². The van der Waals surface area contributed by atoms with Crippen LogP contribution in [0.4, 0.5) is 0 Å². The second-order valence-corrected chi connectivity index (χ2v) is 4.64. The van der Waals surface area contributed by atoms with E-state index in [1.54, 1.807) is 6.92 Å². The summed E-state index contributed by atoms with van der Waals surface area (Å²) in [6, 6.07) is 4.82. The summed E-state index contributed by atoms with van der Waals surface area (Å²) in [5.41, 5.74) is 7.63. The molecular weight excluding hydrogens is 264 g/mol. The topological polar surface area (TPSA) is 57.2 Å². The molecule has 1 aromatic heterocycles. The first-order valence-electron chi connectivity index (χ1n) is 6.29. The number of fused-ring (bicyclic) bond motifs is 1. The number of nitrogens with zero attached hydrogens (tertiary/aromatic N) is 1. The molecule has 4 nitrogen and oxygen atoms in total. The molecule has 0 aliphatic carbocycles. The molecule has 1 unspecified atom stereocenters. The van der Waals surface area contributed by atoms with Gasteiger partial charge < -0.3 is 15.0 Å². The molecule has 19 heavy (non-hydrogen) atoms. The van der Waals surface area contributed by atoms with E-state index in [-0.39, 0.29) is 0 Å². The van der Waals surface area contributed by atoms with Crippen molar-refractivity contribution in [1.29, 1.82) is 0 Å². The summed E-state index contributed by atoms with van der Waals surface area (Å²) in [5, 5.41) is 1.55. The standard InChI is InChI=1S/C14H17ClN2O2/c1-3-17-8-10(12(16)14(18)19-4-2)9-6-5-7-11(15)13(9)17/h5-8,12H,3-4,16H2,1-2H3. The van der Waals surface area contributed by atoms with Crippen molar-refractivity contribution in [2.45, 2.75) is 26.4 Å². The fourth-order valence-corrected chi connectivity index (χ4v) is 2.48. The SMILES string of the molecule is CCOC(=O)C(N)c1cn(CC)c2c(Cl)cccc12. The van der Waals surface area contributed by atoms with Gasteiger partial charge in [0.05, 0.1) is 17.1 Å². The lowest BCUT2D eigenvalue weighted by molar-refractivity contribution is -0.144. The Labute approximate surface area is 117 Å². The van der Waals surface area contributed by atoms with E-state index >= 15 is 0 Å². The lowest BCUT2D eigenvalue weighted by Crippen LogP contribution is -2.23. The molecule has 2 N–H and O–H groups in total. The highest BCUT2D eigenvalue weighted by Crippen LogP contribution is 2.31. The molecule has 0 bridgehead atoms. The van der Waals surface area contributed by atoms with Gasteiger partial charge in [-0.15, -0.1) is 0 Å². The Hall–Kier alpha value is -1.52. The Morgan fingerprint density at radius 3 is 2.84 bits per heavy atom. The van der Waals surface area contributed by atoms with Crippen molar-refractivity contribution < 1.29 is 9.53 Å². The molecule has 5 heteroatoms. The Morgan fingerprint density at radius 1 is 1.47 bits per heavy atom. The first-order valence-corrected chi connectivity index (χ1v) is 6.67. The molecule has 102 valence electrons. The quantitative estimate of drug-likeness (QED) is 0.876. The molecule has 0 saturated heterocycles. The summed E-state index contributed by atoms with van der Waals surface area (Å²) in [5.74, 6) is -0.419. The maximum absolute atomic E-state index is 11.8. The zero-order valence-electron chi connectivity index (χ0n) is 11.0. The molecular formula is C14H17ClN2O2. The number of hydrogen-bond donors (Lipinski definition) is 1. The maximum atomic E-state index is 11.8. The molecule has 0 radical (unpaired) electrons. The van der Waals surface area contributed by atoms with Gasteiger partial charge in [-0.05, 0) is 19.9 Å². The van der Waals surface area contributed by atoms with Crippen molar-refractivity contribution in [1.82, 2.24) is 4.57 Å². The number of rotatable bonds is 4. The van der Waals surface area contributed by atoms with Gasteiger partial charge in [-0.3, -0.25) is 0 Å². The largest absolute Gasteiger partial charge is 0.465 e. The number of halogens is 1. The van der Waals surface area contributed by atoms with Gasteiger partial charge in [-0.1, -0.05) is 23.7 Å². The molecule has 1 atom stereocenters. The first kappa shape index (κ1) is 13.9. The fraction of sp³-hybridized carbons (Fsp3) is 0.357. The van der Waals surface area contributed by atoms with Crippen LogP contribution in [0.2, 0.25) is 5.02 Å². The van der Waals surface area contributed by atoms with E-state index in [1.165, 1.54) is 0 Å². The predicted molar refractivity (Wildman–Crippen MR) is 76.2 cm³/mol. The molecule has 0 saturated carbocycles. The van der Waals surface area contributed by atoms with E-state index < -0.39 is 12.0 Å². The highest BCUT2D eigenvalue weighted by Gasteiger charge is 2.22. The van der Waals surface area contributed by atoms with Crippen LogP contribution in [-0.4, -0.2) is 17.1 Å². The van der Waals surface area contributed by atoms with Crippen LogP contribution in [0.15, 0.2) is 24.4 Å². The lowest BCUT2D eigenvalue weighted by Gasteiger charge is -2.09. The van der Waals surface area contributed by atoms with Gasteiger partial charge in [-0.2, -0.15) is 0 Å². The lowest BCUT2D eigenvalue weighted by atomic mass is 10.1. The number of benzene rings is 1. The number of hydrogen-bond acceptors (Lipinski definition) is 3. The molecule has 0 amide bonds. The smallest absolute Gasteiger partial charge is 0.327 e. The van der Waals surface area contributed by atoms with Crippen molar-refractivity contribution in [2.24, 2.45) is 5.73 Å². The van der Waals surface area contributed by atoms with Crippen LogP contribution in [0.5, 0.6) is 0 Å². The summed E-state index contributed by atoms with van der Waals surface area (Å²) >= 11 is 6.22. The molecule has 2 aromatic rings. The molecule has 0 spiro atoms. The Kier molecular flexibility index (Phi) is 4.12. The van der Waals surface area contributed by atoms with Gasteiger partial charge in [0.15, 0.2) is 0 Å². The maximum Gasteiger partial charge on any atom is 0.327 e. The van der Waals surface area contributed by atoms with Gasteiger partial charge in [0.2, 0.25) is 0 Å². The van der Waals surface area contributed by atoms with Gasteiger partial charge in [0, 0.05) is 23.7 Å². The van der Waals surface area contributed by atoms with Gasteiger partial charge in [0.1, 0.15) is 6.04 Å². The zero-order chi connectivity index (χ0) is 14.0. The zero-order valence-corrected chi connectivity index (χ0v) is 11.8. The first-order chi connectivity index (χ1) is 9.10. The third-order valence-electron chi connectivity index (χ3n) is 3.10. The van der Waals surface area contributed by atoms with Crippen LogP contribution < -0.4 is 5.73 Å². The average Bonchev–Trinajstić information content (AvgIpc) is 2.78. The van der Waals surface area contributed by atoms with Crippen molar-refractivity contribution in [3.05, 3.63) is 35.0 Å². The van der Waals surface area contributed by atoms with Crippen LogP contribution in [0.3, 0.4) is 0 Å². The number of aromatic nitrogens is 1. The minimum absolute atomic E-state index is 0.319. The average molecular weight is 281 g/mol. The van der Waals surface area contributed by atoms with Gasteiger partial charge in [0.25, 0.3) is 0 Å². The highest BCUT2D eigenvalue weighted by molar-refractivity contribution is 6.35. The Bertz CT molecular complexity index is 607. The third-order valence-corrected chi connectivity index (χ3v) is 3.40. The predicted octanol–water partition coefficient (Wildman–Crippen LogP) is 2.88. The summed E-state index contributed by atoms with van der Waals surface area (Å²) in [6.07, 6.45) is 1.87. The summed E-state index contributed by atoms with van der Waals surface area (Å²) in [4.78, 5) is 11.8. The van der Waals surface area contributed by atoms with Crippen molar-refractivity contribution >= 4 is 28.5 Å². The molecule has 0 aliphatic heterocycles. The number of carbonyl (C=O) groups is 1. The van der Waals surface area contributed by atoms with Crippen LogP contribution in [0.1, 0.15) is 25.5 Å². The number of esters is 1. The van der Waals surface area contributed by atoms with E-state index in [0.717, 1.165) is 23.0 Å². The van der Waals surface area contributed by atoms with E-state index in [1.807, 2.05) is 35.9 Å². The van der Waals surface area contributed by atoms with E-state index in [4.69, 9.17) is 22.1 Å². The Morgan fingerprint density at radius 2 is 2.21 bits per heavy atom. The van der Waals surface area contributed by atoms with Crippen molar-refractivity contribution in [3.8, 4) is 0 Å². The fourth-order valence-electron chi connectivity index (χ4n) is 2.20. The van der Waals surface area contributed by atoms with Crippen LogP contribution in [0, 0.1) is 0 Å². The second kappa shape index (κ2) is 5.63. The van der Waals surface area contributed by atoms with Crippen molar-refractivity contribution in [3.63, 3.8) is 0 Å². The number of aryl methyl sites for hydroxylation is 1. The minimum Gasteiger partial charge on any atom is -0.465 e. The number of nitrogens with two attached hydrogens (primary N) is 1. The molecule has 1 aromatic carbocycles. The summed E-state index contributed by atoms with van der Waals surface area (Å²) < 4.78 is 6.97.